The first-order valence-electron chi connectivity index (χ1n) is 10.9. The van der Waals surface area contributed by atoms with Crippen molar-refractivity contribution in [3.8, 4) is 0 Å². The van der Waals surface area contributed by atoms with Gasteiger partial charge in [0, 0.05) is 24.7 Å². The van der Waals surface area contributed by atoms with Crippen molar-refractivity contribution < 1.29 is 25.0 Å². The average Bonchev–Trinajstić information content (AvgIpc) is 3.24. The summed E-state index contributed by atoms with van der Waals surface area (Å²) < 4.78 is 0. The van der Waals surface area contributed by atoms with Crippen molar-refractivity contribution in [3.05, 3.63) is 12.2 Å². The summed E-state index contributed by atoms with van der Waals surface area (Å²) >= 11 is 0. The highest BCUT2D eigenvalue weighted by Crippen LogP contribution is 2.36. The van der Waals surface area contributed by atoms with Crippen molar-refractivity contribution in [2.24, 2.45) is 22.9 Å². The molecule has 2 saturated carbocycles. The molecule has 1 unspecified atom stereocenters. The quantitative estimate of drug-likeness (QED) is 0.264. The van der Waals surface area contributed by atoms with Crippen LogP contribution in [0, 0.1) is 17.8 Å². The van der Waals surface area contributed by atoms with Crippen molar-refractivity contribution in [3.63, 3.8) is 0 Å². The third kappa shape index (κ3) is 7.55. The Morgan fingerprint density at radius 1 is 1.25 bits per heavy atom. The fourth-order valence-electron chi connectivity index (χ4n) is 4.75. The number of rotatable bonds is 12. The van der Waals surface area contributed by atoms with Gasteiger partial charge < -0.3 is 20.2 Å². The summed E-state index contributed by atoms with van der Waals surface area (Å²) in [6.45, 7) is 0. The molecule has 2 rings (SSSR count). The first-order chi connectivity index (χ1) is 13.5. The molecule has 2 aliphatic rings. The average molecular weight is 396 g/mol. The summed E-state index contributed by atoms with van der Waals surface area (Å²) in [6.07, 6.45) is 13.9. The van der Waals surface area contributed by atoms with Gasteiger partial charge in [0.25, 0.3) is 0 Å². The third-order valence-corrected chi connectivity index (χ3v) is 6.22. The second-order valence-corrected chi connectivity index (χ2v) is 8.41. The molecule has 0 radical (unpaired) electrons. The van der Waals surface area contributed by atoms with Crippen LogP contribution in [-0.4, -0.2) is 46.3 Å². The lowest BCUT2D eigenvalue weighted by atomic mass is 9.88. The first-order valence-corrected chi connectivity index (χ1v) is 10.9. The Morgan fingerprint density at radius 2 is 1.96 bits per heavy atom. The van der Waals surface area contributed by atoms with Crippen LogP contribution in [0.4, 0.5) is 0 Å². The number of hydrogen-bond acceptors (Lipinski definition) is 5. The van der Waals surface area contributed by atoms with Gasteiger partial charge in [-0.2, -0.15) is 0 Å². The molecule has 4 atom stereocenters. The van der Waals surface area contributed by atoms with Crippen LogP contribution in [-0.2, 0) is 9.63 Å². The maximum absolute atomic E-state index is 10.6. The Kier molecular flexibility index (Phi) is 9.99. The van der Waals surface area contributed by atoms with Gasteiger partial charge >= 0.3 is 5.97 Å². The maximum atomic E-state index is 10.6. The third-order valence-electron chi connectivity index (χ3n) is 6.22. The smallest absolute Gasteiger partial charge is 0.303 e. The van der Waals surface area contributed by atoms with Crippen molar-refractivity contribution in [2.75, 3.05) is 7.11 Å². The Labute approximate surface area is 168 Å². The molecule has 0 aromatic heterocycles. The van der Waals surface area contributed by atoms with E-state index in [1.54, 1.807) is 0 Å². The van der Waals surface area contributed by atoms with Crippen molar-refractivity contribution in [1.82, 2.24) is 0 Å². The largest absolute Gasteiger partial charge is 0.481 e. The molecule has 0 bridgehead atoms. The molecule has 0 heterocycles. The molecule has 28 heavy (non-hydrogen) atoms. The summed E-state index contributed by atoms with van der Waals surface area (Å²) in [5.74, 6) is -0.0503. The molecule has 0 amide bonds. The van der Waals surface area contributed by atoms with E-state index >= 15 is 0 Å². The van der Waals surface area contributed by atoms with E-state index < -0.39 is 18.2 Å². The Bertz CT molecular complexity index is 527. The molecule has 3 N–H and O–H groups in total. The van der Waals surface area contributed by atoms with Gasteiger partial charge in [0.05, 0.1) is 17.9 Å². The van der Waals surface area contributed by atoms with Crippen LogP contribution in [0.25, 0.3) is 0 Å². The van der Waals surface area contributed by atoms with Gasteiger partial charge in [-0.25, -0.2) is 0 Å². The predicted molar refractivity (Wildman–Crippen MR) is 109 cm³/mol. The lowest BCUT2D eigenvalue weighted by Gasteiger charge is -2.19. The Balaban J connectivity index is 1.86. The van der Waals surface area contributed by atoms with Crippen LogP contribution >= 0.6 is 0 Å². The van der Waals surface area contributed by atoms with Crippen LogP contribution in [0.3, 0.4) is 0 Å². The van der Waals surface area contributed by atoms with Crippen LogP contribution in [0.15, 0.2) is 17.3 Å². The van der Waals surface area contributed by atoms with Gasteiger partial charge in [0.1, 0.15) is 7.11 Å². The standard InChI is InChI=1S/C22H37NO5/c1-28-23-20-15-21(25)19(13-12-17(24)14-16-8-6-7-9-16)18(20)10-4-2-3-5-11-22(26)27/h12-13,16-19,21,24-25H,2-11,14-15H2,1H3,(H,26,27)/t17?,18-,19-,21-/m1/s1. The normalized spacial score (nSPS) is 28.4. The molecule has 0 aromatic rings. The minimum Gasteiger partial charge on any atom is -0.481 e. The minimum absolute atomic E-state index is 0.0499. The molecule has 0 spiro atoms. The summed E-state index contributed by atoms with van der Waals surface area (Å²) in [4.78, 5) is 15.6. The topological polar surface area (TPSA) is 99.4 Å². The van der Waals surface area contributed by atoms with E-state index in [9.17, 15) is 15.0 Å². The van der Waals surface area contributed by atoms with Crippen LogP contribution < -0.4 is 0 Å². The zero-order valence-electron chi connectivity index (χ0n) is 17.1. The zero-order valence-corrected chi connectivity index (χ0v) is 17.1. The molecule has 6 nitrogen and oxygen atoms in total. The van der Waals surface area contributed by atoms with Gasteiger partial charge in [-0.05, 0) is 25.2 Å². The molecule has 2 fully saturated rings. The molecule has 0 aliphatic heterocycles. The summed E-state index contributed by atoms with van der Waals surface area (Å²) in [5, 5.41) is 33.7. The van der Waals surface area contributed by atoms with E-state index in [4.69, 9.17) is 9.94 Å². The number of carboxylic acids is 1. The number of aliphatic carboxylic acids is 1. The second kappa shape index (κ2) is 12.2. The van der Waals surface area contributed by atoms with Crippen LogP contribution in [0.5, 0.6) is 0 Å². The predicted octanol–water partition coefficient (Wildman–Crippen LogP) is 3.91. The van der Waals surface area contributed by atoms with E-state index in [0.29, 0.717) is 18.8 Å². The summed E-state index contributed by atoms with van der Waals surface area (Å²) in [5.41, 5.74) is 0.889. The molecule has 160 valence electrons. The Morgan fingerprint density at radius 3 is 2.64 bits per heavy atom. The SMILES string of the molecule is CON=C1C[C@@H](O)[C@H](C=CC(O)CC2CCCC2)[C@H]1CCCCCCC(=O)O. The van der Waals surface area contributed by atoms with Crippen LogP contribution in [0.2, 0.25) is 0 Å². The fraction of sp³-hybridized carbons (Fsp3) is 0.818. The highest BCUT2D eigenvalue weighted by molar-refractivity contribution is 5.89. The van der Waals surface area contributed by atoms with Gasteiger partial charge in [-0.3, -0.25) is 4.79 Å². The number of carbonyl (C=O) groups is 1. The van der Waals surface area contributed by atoms with Gasteiger partial charge in [-0.1, -0.05) is 62.3 Å². The molecule has 0 saturated heterocycles. The highest BCUT2D eigenvalue weighted by Gasteiger charge is 2.38. The van der Waals surface area contributed by atoms with E-state index in [-0.39, 0.29) is 18.3 Å². The van der Waals surface area contributed by atoms with Gasteiger partial charge in [0.2, 0.25) is 0 Å². The highest BCUT2D eigenvalue weighted by atomic mass is 16.6. The van der Waals surface area contributed by atoms with E-state index in [2.05, 4.69) is 5.16 Å². The monoisotopic (exact) mass is 395 g/mol. The number of aliphatic hydroxyl groups excluding tert-OH is 2. The molecular formula is C22H37NO5. The molecule has 0 aromatic carbocycles. The van der Waals surface area contributed by atoms with E-state index in [1.807, 2.05) is 12.2 Å². The zero-order chi connectivity index (χ0) is 20.4. The summed E-state index contributed by atoms with van der Waals surface area (Å²) in [6, 6.07) is 0. The van der Waals surface area contributed by atoms with Crippen molar-refractivity contribution in [2.45, 2.75) is 89.3 Å². The second-order valence-electron chi connectivity index (χ2n) is 8.41. The number of carboxylic acid groups (broad SMARTS) is 1. The molecule has 6 heteroatoms. The van der Waals surface area contributed by atoms with Gasteiger partial charge in [-0.15, -0.1) is 0 Å². The van der Waals surface area contributed by atoms with Crippen molar-refractivity contribution >= 4 is 11.7 Å². The number of oxime groups is 1. The number of hydrogen-bond donors (Lipinski definition) is 3. The number of nitrogens with zero attached hydrogens (tertiary/aromatic N) is 1. The minimum atomic E-state index is -0.741. The van der Waals surface area contributed by atoms with Gasteiger partial charge in [0.15, 0.2) is 0 Å². The number of aliphatic hydroxyl groups is 2. The molecular weight excluding hydrogens is 358 g/mol. The van der Waals surface area contributed by atoms with E-state index in [0.717, 1.165) is 37.8 Å². The number of unbranched alkanes of at least 4 members (excludes halogenated alkanes) is 3. The van der Waals surface area contributed by atoms with Crippen molar-refractivity contribution in [1.29, 1.82) is 0 Å². The maximum Gasteiger partial charge on any atom is 0.303 e. The lowest BCUT2D eigenvalue weighted by Crippen LogP contribution is -2.20. The van der Waals surface area contributed by atoms with Crippen LogP contribution in [0.1, 0.15) is 77.0 Å². The first kappa shape index (κ1) is 22.9. The lowest BCUT2D eigenvalue weighted by molar-refractivity contribution is -0.137. The Hall–Kier alpha value is -1.40. The molecule has 2 aliphatic carbocycles. The van der Waals surface area contributed by atoms with E-state index in [1.165, 1.54) is 32.8 Å². The summed E-state index contributed by atoms with van der Waals surface area (Å²) in [7, 11) is 1.52. The fourth-order valence-corrected chi connectivity index (χ4v) is 4.75.